The Hall–Kier alpha value is -6.99. The van der Waals surface area contributed by atoms with E-state index in [0.717, 1.165) is 16.7 Å². The second kappa shape index (κ2) is 21.1. The number of rotatable bonds is 18. The van der Waals surface area contributed by atoms with Gasteiger partial charge in [0.05, 0.1) is 73.6 Å². The second-order valence-corrected chi connectivity index (χ2v) is 13.7. The second-order valence-electron chi connectivity index (χ2n) is 13.7. The highest BCUT2D eigenvalue weighted by atomic mass is 16.7. The summed E-state index contributed by atoms with van der Waals surface area (Å²) in [6.07, 6.45) is 0. The summed E-state index contributed by atoms with van der Waals surface area (Å²) < 4.78 is 33.7. The fraction of sp³-hybridized carbons (Fsp3) is 0.188. The summed E-state index contributed by atoms with van der Waals surface area (Å²) in [5.41, 5.74) is 5.52. The van der Waals surface area contributed by atoms with Gasteiger partial charge in [0, 0.05) is 0 Å². The van der Waals surface area contributed by atoms with Gasteiger partial charge in [-0.05, 0) is 53.1 Å². The van der Waals surface area contributed by atoms with E-state index in [1.165, 1.54) is 0 Å². The van der Waals surface area contributed by atoms with Crippen molar-refractivity contribution in [2.24, 2.45) is 0 Å². The number of benzene rings is 6. The molecule has 0 aliphatic carbocycles. The SMILES string of the molecule is O=C(OCOCc1ccccc1)c1ccccc1N1CN(c2ccccc2C(=O)OCOCc2ccccc2)CN(c2ccccc2C(=O)OCOCc2ccccc2)C1. The molecule has 0 spiro atoms. The molecule has 1 aliphatic rings. The summed E-state index contributed by atoms with van der Waals surface area (Å²) >= 11 is 0. The summed E-state index contributed by atoms with van der Waals surface area (Å²) in [6, 6.07) is 50.2. The van der Waals surface area contributed by atoms with Crippen LogP contribution in [0.4, 0.5) is 17.1 Å². The quantitative estimate of drug-likeness (QED) is 0.0360. The molecule has 6 aromatic rings. The summed E-state index contributed by atoms with van der Waals surface area (Å²) in [5, 5.41) is 0. The Morgan fingerprint density at radius 1 is 0.350 bits per heavy atom. The van der Waals surface area contributed by atoms with Crippen molar-refractivity contribution in [1.82, 2.24) is 0 Å². The Morgan fingerprint density at radius 3 is 0.883 bits per heavy atom. The predicted octanol–water partition coefficient (Wildman–Crippen LogP) is 8.39. The fourth-order valence-corrected chi connectivity index (χ4v) is 6.70. The van der Waals surface area contributed by atoms with Gasteiger partial charge in [-0.3, -0.25) is 0 Å². The molecule has 0 amide bonds. The van der Waals surface area contributed by atoms with Crippen molar-refractivity contribution in [1.29, 1.82) is 0 Å². The van der Waals surface area contributed by atoms with Gasteiger partial charge < -0.3 is 43.1 Å². The third-order valence-electron chi connectivity index (χ3n) is 9.57. The molecule has 0 saturated carbocycles. The zero-order valence-electron chi connectivity index (χ0n) is 33.0. The number of ether oxygens (including phenoxy) is 6. The standard InChI is InChI=1S/C48H45N3O9/c52-46(58-34-55-28-37-16-4-1-5-17-37)40-22-10-13-25-43(40)49-31-50(44-26-14-11-23-41(44)47(53)59-35-56-29-38-18-6-2-7-19-38)33-51(32-49)45-27-15-12-24-42(45)48(54)60-36-57-30-39-20-8-3-9-21-39/h1-27H,28-36H2. The topological polar surface area (TPSA) is 116 Å². The Balaban J connectivity index is 1.12. The van der Waals surface area contributed by atoms with Gasteiger partial charge in [0.1, 0.15) is 0 Å². The molecular weight excluding hydrogens is 763 g/mol. The van der Waals surface area contributed by atoms with Gasteiger partial charge in [0.25, 0.3) is 0 Å². The lowest BCUT2D eigenvalue weighted by molar-refractivity contribution is -0.0386. The minimum absolute atomic E-state index is 0.241. The van der Waals surface area contributed by atoms with Crippen molar-refractivity contribution in [2.75, 3.05) is 55.1 Å². The molecule has 0 aromatic heterocycles. The average Bonchev–Trinajstić information content (AvgIpc) is 3.31. The van der Waals surface area contributed by atoms with Gasteiger partial charge in [-0.1, -0.05) is 127 Å². The molecule has 6 aromatic carbocycles. The number of hydrogen-bond donors (Lipinski definition) is 0. The van der Waals surface area contributed by atoms with E-state index in [2.05, 4.69) is 0 Å². The van der Waals surface area contributed by atoms with Crippen molar-refractivity contribution in [2.45, 2.75) is 19.8 Å². The van der Waals surface area contributed by atoms with Crippen molar-refractivity contribution < 1.29 is 42.8 Å². The van der Waals surface area contributed by atoms with E-state index in [1.54, 1.807) is 36.4 Å². The number of nitrogens with zero attached hydrogens (tertiary/aromatic N) is 3. The summed E-state index contributed by atoms with van der Waals surface area (Å²) in [7, 11) is 0. The molecule has 1 heterocycles. The van der Waals surface area contributed by atoms with Crippen LogP contribution in [0.25, 0.3) is 0 Å². The minimum atomic E-state index is -0.568. The van der Waals surface area contributed by atoms with E-state index < -0.39 is 17.9 Å². The monoisotopic (exact) mass is 807 g/mol. The van der Waals surface area contributed by atoms with Crippen LogP contribution in [0.2, 0.25) is 0 Å². The first-order chi connectivity index (χ1) is 29.5. The first-order valence-electron chi connectivity index (χ1n) is 19.4. The highest BCUT2D eigenvalue weighted by Crippen LogP contribution is 2.32. The zero-order valence-corrected chi connectivity index (χ0v) is 33.0. The molecule has 1 fully saturated rings. The van der Waals surface area contributed by atoms with Crippen molar-refractivity contribution in [3.05, 3.63) is 197 Å². The Kier molecular flexibility index (Phi) is 14.5. The van der Waals surface area contributed by atoms with Gasteiger partial charge in [-0.2, -0.15) is 0 Å². The molecule has 1 saturated heterocycles. The zero-order chi connectivity index (χ0) is 41.4. The van der Waals surface area contributed by atoms with Crippen LogP contribution in [0.15, 0.2) is 164 Å². The largest absolute Gasteiger partial charge is 0.435 e. The third-order valence-corrected chi connectivity index (χ3v) is 9.57. The highest BCUT2D eigenvalue weighted by molar-refractivity contribution is 5.98. The van der Waals surface area contributed by atoms with Crippen molar-refractivity contribution in [3.63, 3.8) is 0 Å². The van der Waals surface area contributed by atoms with E-state index in [0.29, 0.717) is 33.8 Å². The summed E-state index contributed by atoms with van der Waals surface area (Å²) in [4.78, 5) is 46.8. The predicted molar refractivity (Wildman–Crippen MR) is 226 cm³/mol. The Morgan fingerprint density at radius 2 is 0.600 bits per heavy atom. The van der Waals surface area contributed by atoms with E-state index in [-0.39, 0.29) is 60.2 Å². The lowest BCUT2D eigenvalue weighted by Gasteiger charge is -2.46. The minimum Gasteiger partial charge on any atom is -0.435 e. The number of esters is 3. The molecule has 0 N–H and O–H groups in total. The molecule has 0 bridgehead atoms. The van der Waals surface area contributed by atoms with Gasteiger partial charge in [0.15, 0.2) is 20.4 Å². The maximum Gasteiger partial charge on any atom is 0.342 e. The van der Waals surface area contributed by atoms with Crippen LogP contribution < -0.4 is 14.7 Å². The van der Waals surface area contributed by atoms with Crippen LogP contribution in [-0.2, 0) is 48.2 Å². The molecule has 0 unspecified atom stereocenters. The summed E-state index contributed by atoms with van der Waals surface area (Å²) in [5.74, 6) is -1.70. The van der Waals surface area contributed by atoms with Gasteiger partial charge >= 0.3 is 17.9 Å². The van der Waals surface area contributed by atoms with Crippen LogP contribution in [0.1, 0.15) is 47.8 Å². The van der Waals surface area contributed by atoms with Crippen LogP contribution in [0.3, 0.4) is 0 Å². The normalized spacial score (nSPS) is 12.5. The van der Waals surface area contributed by atoms with E-state index in [1.807, 2.05) is 142 Å². The summed E-state index contributed by atoms with van der Waals surface area (Å²) in [6.45, 7) is 0.885. The maximum absolute atomic E-state index is 13.6. The molecule has 12 heteroatoms. The maximum atomic E-state index is 13.6. The molecule has 0 atom stereocenters. The Labute approximate surface area is 349 Å². The van der Waals surface area contributed by atoms with Gasteiger partial charge in [0.2, 0.25) is 0 Å². The fourth-order valence-electron chi connectivity index (χ4n) is 6.70. The van der Waals surface area contributed by atoms with E-state index in [4.69, 9.17) is 28.4 Å². The molecular formula is C48H45N3O9. The Bertz CT molecular complexity index is 2050. The first-order valence-corrected chi connectivity index (χ1v) is 19.4. The van der Waals surface area contributed by atoms with Crippen LogP contribution in [-0.4, -0.2) is 58.3 Å². The molecule has 1 aliphatic heterocycles. The van der Waals surface area contributed by atoms with Crippen molar-refractivity contribution >= 4 is 35.0 Å². The van der Waals surface area contributed by atoms with E-state index >= 15 is 0 Å². The number of hydrogen-bond acceptors (Lipinski definition) is 12. The number of para-hydroxylation sites is 3. The third kappa shape index (κ3) is 11.1. The average molecular weight is 808 g/mol. The molecule has 306 valence electrons. The molecule has 60 heavy (non-hydrogen) atoms. The van der Waals surface area contributed by atoms with Gasteiger partial charge in [-0.15, -0.1) is 0 Å². The molecule has 7 rings (SSSR count). The number of carbonyl (C=O) groups excluding carboxylic acids is 3. The lowest BCUT2D eigenvalue weighted by atomic mass is 10.1. The smallest absolute Gasteiger partial charge is 0.342 e. The van der Waals surface area contributed by atoms with Gasteiger partial charge in [-0.25, -0.2) is 14.4 Å². The number of carbonyl (C=O) groups is 3. The molecule has 12 nitrogen and oxygen atoms in total. The lowest BCUT2D eigenvalue weighted by Crippen LogP contribution is -2.56. The first kappa shape index (κ1) is 41.2. The molecule has 0 radical (unpaired) electrons. The highest BCUT2D eigenvalue weighted by Gasteiger charge is 2.31. The van der Waals surface area contributed by atoms with Crippen LogP contribution in [0, 0.1) is 0 Å². The van der Waals surface area contributed by atoms with E-state index in [9.17, 15) is 14.4 Å². The van der Waals surface area contributed by atoms with Crippen LogP contribution >= 0.6 is 0 Å². The van der Waals surface area contributed by atoms with Crippen LogP contribution in [0.5, 0.6) is 0 Å². The number of anilines is 3. The van der Waals surface area contributed by atoms with Crippen molar-refractivity contribution in [3.8, 4) is 0 Å².